The number of ether oxygens (including phenoxy) is 2. The third-order valence-corrected chi connectivity index (χ3v) is 3.72. The van der Waals surface area contributed by atoms with Crippen molar-refractivity contribution in [1.82, 2.24) is 5.32 Å². The maximum atomic E-state index is 11.6. The van der Waals surface area contributed by atoms with Gasteiger partial charge in [0.1, 0.15) is 17.5 Å². The first kappa shape index (κ1) is 18.8. The van der Waals surface area contributed by atoms with Crippen LogP contribution >= 0.6 is 15.9 Å². The van der Waals surface area contributed by atoms with Crippen LogP contribution in [0.3, 0.4) is 0 Å². The molecule has 4 nitrogen and oxygen atoms in total. The molecule has 0 aliphatic rings. The van der Waals surface area contributed by atoms with Gasteiger partial charge in [0.2, 0.25) is 0 Å². The zero-order valence-electron chi connectivity index (χ0n) is 13.8. The van der Waals surface area contributed by atoms with Crippen molar-refractivity contribution in [2.45, 2.75) is 52.2 Å². The SMILES string of the molecule is C[C@H](CBr)Oc1ccccc1CCCNC(=O)OC(C)(C)C. The van der Waals surface area contributed by atoms with Crippen LogP contribution < -0.4 is 10.1 Å². The van der Waals surface area contributed by atoms with E-state index in [1.165, 1.54) is 0 Å². The van der Waals surface area contributed by atoms with Crippen LogP contribution in [0.5, 0.6) is 5.75 Å². The second-order valence-electron chi connectivity index (χ2n) is 6.22. The normalized spacial score (nSPS) is 12.6. The van der Waals surface area contributed by atoms with Gasteiger partial charge in [-0.15, -0.1) is 0 Å². The summed E-state index contributed by atoms with van der Waals surface area (Å²) in [6.45, 7) is 8.16. The van der Waals surface area contributed by atoms with E-state index < -0.39 is 5.60 Å². The quantitative estimate of drug-likeness (QED) is 0.573. The van der Waals surface area contributed by atoms with Crippen molar-refractivity contribution < 1.29 is 14.3 Å². The zero-order chi connectivity index (χ0) is 16.6. The van der Waals surface area contributed by atoms with E-state index in [0.29, 0.717) is 6.54 Å². The van der Waals surface area contributed by atoms with Crippen molar-refractivity contribution in [1.29, 1.82) is 0 Å². The molecule has 0 bridgehead atoms. The first-order valence-electron chi connectivity index (χ1n) is 7.59. The molecule has 1 atom stereocenters. The second kappa shape index (κ2) is 9.03. The molecule has 1 aromatic carbocycles. The van der Waals surface area contributed by atoms with E-state index in [1.54, 1.807) is 0 Å². The summed E-state index contributed by atoms with van der Waals surface area (Å²) in [5.74, 6) is 0.909. The Morgan fingerprint density at radius 3 is 2.64 bits per heavy atom. The van der Waals surface area contributed by atoms with Crippen LogP contribution in [0.15, 0.2) is 24.3 Å². The number of rotatable bonds is 7. The van der Waals surface area contributed by atoms with E-state index in [9.17, 15) is 4.79 Å². The summed E-state index contributed by atoms with van der Waals surface area (Å²) in [6, 6.07) is 8.01. The molecular weight excluding hydrogens is 346 g/mol. The van der Waals surface area contributed by atoms with E-state index in [-0.39, 0.29) is 12.2 Å². The van der Waals surface area contributed by atoms with E-state index in [4.69, 9.17) is 9.47 Å². The first-order chi connectivity index (χ1) is 10.3. The first-order valence-corrected chi connectivity index (χ1v) is 8.71. The van der Waals surface area contributed by atoms with Gasteiger partial charge in [-0.3, -0.25) is 0 Å². The number of para-hydroxylation sites is 1. The summed E-state index contributed by atoms with van der Waals surface area (Å²) in [7, 11) is 0. The Hall–Kier alpha value is -1.23. The molecule has 1 N–H and O–H groups in total. The number of nitrogens with one attached hydrogen (secondary N) is 1. The van der Waals surface area contributed by atoms with Crippen LogP contribution in [0.2, 0.25) is 0 Å². The molecule has 22 heavy (non-hydrogen) atoms. The number of aryl methyl sites for hydroxylation is 1. The van der Waals surface area contributed by atoms with E-state index in [0.717, 1.165) is 29.5 Å². The molecule has 0 radical (unpaired) electrons. The van der Waals surface area contributed by atoms with Crippen molar-refractivity contribution >= 4 is 22.0 Å². The highest BCUT2D eigenvalue weighted by Crippen LogP contribution is 2.21. The molecule has 0 unspecified atom stereocenters. The fraction of sp³-hybridized carbons (Fsp3) is 0.588. The number of amides is 1. The summed E-state index contributed by atoms with van der Waals surface area (Å²) in [6.07, 6.45) is 1.44. The third kappa shape index (κ3) is 7.69. The van der Waals surface area contributed by atoms with Gasteiger partial charge in [0.25, 0.3) is 0 Å². The van der Waals surface area contributed by atoms with Crippen LogP contribution in [0.25, 0.3) is 0 Å². The Morgan fingerprint density at radius 2 is 2.00 bits per heavy atom. The number of halogens is 1. The van der Waals surface area contributed by atoms with Crippen LogP contribution in [-0.2, 0) is 11.2 Å². The largest absolute Gasteiger partial charge is 0.490 e. The Balaban J connectivity index is 2.40. The fourth-order valence-corrected chi connectivity index (χ4v) is 1.99. The van der Waals surface area contributed by atoms with Gasteiger partial charge >= 0.3 is 6.09 Å². The van der Waals surface area contributed by atoms with Gasteiger partial charge in [0, 0.05) is 11.9 Å². The predicted molar refractivity (Wildman–Crippen MR) is 92.9 cm³/mol. The molecule has 0 aromatic heterocycles. The molecule has 1 rings (SSSR count). The molecule has 0 spiro atoms. The summed E-state index contributed by atoms with van der Waals surface area (Å²) >= 11 is 3.41. The smallest absolute Gasteiger partial charge is 0.407 e. The molecule has 0 heterocycles. The molecule has 1 aromatic rings. The van der Waals surface area contributed by atoms with Gasteiger partial charge < -0.3 is 14.8 Å². The van der Waals surface area contributed by atoms with Crippen molar-refractivity contribution in [2.24, 2.45) is 0 Å². The Morgan fingerprint density at radius 1 is 1.32 bits per heavy atom. The van der Waals surface area contributed by atoms with Crippen LogP contribution in [0, 0.1) is 0 Å². The minimum absolute atomic E-state index is 0.126. The lowest BCUT2D eigenvalue weighted by atomic mass is 10.1. The average Bonchev–Trinajstić information content (AvgIpc) is 2.43. The molecule has 0 aliphatic heterocycles. The fourth-order valence-electron chi connectivity index (χ4n) is 1.86. The lowest BCUT2D eigenvalue weighted by molar-refractivity contribution is 0.0527. The number of benzene rings is 1. The number of hydrogen-bond donors (Lipinski definition) is 1. The van der Waals surface area contributed by atoms with Crippen molar-refractivity contribution in [3.8, 4) is 5.75 Å². The van der Waals surface area contributed by atoms with Gasteiger partial charge in [0.05, 0.1) is 0 Å². The van der Waals surface area contributed by atoms with E-state index in [1.807, 2.05) is 45.9 Å². The maximum Gasteiger partial charge on any atom is 0.407 e. The summed E-state index contributed by atoms with van der Waals surface area (Å²) in [5.41, 5.74) is 0.692. The molecule has 0 saturated heterocycles. The highest BCUT2D eigenvalue weighted by atomic mass is 79.9. The second-order valence-corrected chi connectivity index (χ2v) is 6.87. The maximum absolute atomic E-state index is 11.6. The molecule has 1 amide bonds. The number of alkyl halides is 1. The van der Waals surface area contributed by atoms with E-state index in [2.05, 4.69) is 27.3 Å². The zero-order valence-corrected chi connectivity index (χ0v) is 15.4. The number of carbonyl (C=O) groups is 1. The lowest BCUT2D eigenvalue weighted by Gasteiger charge is -2.19. The predicted octanol–water partition coefficient (Wildman–Crippen LogP) is 4.31. The summed E-state index contributed by atoms with van der Waals surface area (Å²) in [5, 5.41) is 3.56. The third-order valence-electron chi connectivity index (χ3n) is 2.81. The van der Waals surface area contributed by atoms with Gasteiger partial charge in [-0.1, -0.05) is 34.1 Å². The number of carbonyl (C=O) groups excluding carboxylic acids is 1. The van der Waals surface area contributed by atoms with Crippen molar-refractivity contribution in [2.75, 3.05) is 11.9 Å². The van der Waals surface area contributed by atoms with Gasteiger partial charge in [-0.2, -0.15) is 0 Å². The Kier molecular flexibility index (Phi) is 7.73. The molecular formula is C17H26BrNO3. The summed E-state index contributed by atoms with van der Waals surface area (Å²) < 4.78 is 11.1. The highest BCUT2D eigenvalue weighted by molar-refractivity contribution is 9.09. The summed E-state index contributed by atoms with van der Waals surface area (Å²) in [4.78, 5) is 11.6. The average molecular weight is 372 g/mol. The van der Waals surface area contributed by atoms with Crippen molar-refractivity contribution in [3.63, 3.8) is 0 Å². The molecule has 124 valence electrons. The molecule has 5 heteroatoms. The number of hydrogen-bond acceptors (Lipinski definition) is 3. The lowest BCUT2D eigenvalue weighted by Crippen LogP contribution is -2.33. The standard InChI is InChI=1S/C17H26BrNO3/c1-13(12-18)21-15-10-6-5-8-14(15)9-7-11-19-16(20)22-17(2,3)4/h5-6,8,10,13H,7,9,11-12H2,1-4H3,(H,19,20)/t13-/m1/s1. The van der Waals surface area contributed by atoms with Gasteiger partial charge in [-0.25, -0.2) is 4.79 Å². The monoisotopic (exact) mass is 371 g/mol. The molecule has 0 fully saturated rings. The van der Waals surface area contributed by atoms with Crippen LogP contribution in [-0.4, -0.2) is 29.7 Å². The minimum atomic E-state index is -0.462. The highest BCUT2D eigenvalue weighted by Gasteiger charge is 2.15. The van der Waals surface area contributed by atoms with Gasteiger partial charge in [-0.05, 0) is 52.2 Å². The van der Waals surface area contributed by atoms with Crippen LogP contribution in [0.4, 0.5) is 4.79 Å². The van der Waals surface area contributed by atoms with Gasteiger partial charge in [0.15, 0.2) is 0 Å². The minimum Gasteiger partial charge on any atom is -0.490 e. The van der Waals surface area contributed by atoms with Crippen molar-refractivity contribution in [3.05, 3.63) is 29.8 Å². The molecule has 0 saturated carbocycles. The Labute approximate surface area is 141 Å². The van der Waals surface area contributed by atoms with Crippen LogP contribution in [0.1, 0.15) is 39.7 Å². The Bertz CT molecular complexity index is 471. The number of alkyl carbamates (subject to hydrolysis) is 1. The topological polar surface area (TPSA) is 47.6 Å². The van der Waals surface area contributed by atoms with E-state index >= 15 is 0 Å². The molecule has 0 aliphatic carbocycles.